The van der Waals surface area contributed by atoms with Gasteiger partial charge in [0, 0.05) is 49.6 Å². The molecule has 0 saturated heterocycles. The van der Waals surface area contributed by atoms with Crippen LogP contribution in [0.15, 0.2) is 83.1 Å². The fraction of sp³-hybridized carbons (Fsp3) is 0.355. The van der Waals surface area contributed by atoms with E-state index >= 15 is 0 Å². The van der Waals surface area contributed by atoms with Gasteiger partial charge in [0.15, 0.2) is 11.5 Å². The Balaban J connectivity index is 1.91. The van der Waals surface area contributed by atoms with Crippen molar-refractivity contribution in [2.24, 2.45) is 10.3 Å². The SMILES string of the molecule is CC/C=N\Oc1cc(O/N=C(/C)CC)c(CN(C)Cc2ccccc2)cc1CN(C)Cc1ccccc1. The van der Waals surface area contributed by atoms with Crippen LogP contribution in [0.2, 0.25) is 0 Å². The molecule has 0 atom stereocenters. The molecule has 0 amide bonds. The van der Waals surface area contributed by atoms with Gasteiger partial charge < -0.3 is 9.68 Å². The van der Waals surface area contributed by atoms with Crippen molar-refractivity contribution in [3.05, 3.63) is 95.1 Å². The molecule has 0 unspecified atom stereocenters. The second-order valence-corrected chi connectivity index (χ2v) is 9.44. The van der Waals surface area contributed by atoms with Gasteiger partial charge in [-0.3, -0.25) is 9.80 Å². The lowest BCUT2D eigenvalue weighted by molar-refractivity contribution is 0.284. The summed E-state index contributed by atoms with van der Waals surface area (Å²) in [5.41, 5.74) is 5.58. The molecule has 3 rings (SSSR count). The molecule has 0 N–H and O–H groups in total. The average Bonchev–Trinajstić information content (AvgIpc) is 2.90. The fourth-order valence-electron chi connectivity index (χ4n) is 3.92. The first-order valence-electron chi connectivity index (χ1n) is 13.0. The monoisotopic (exact) mass is 500 g/mol. The van der Waals surface area contributed by atoms with Gasteiger partial charge in [0.05, 0.1) is 5.71 Å². The summed E-state index contributed by atoms with van der Waals surface area (Å²) in [6.07, 6.45) is 3.39. The number of nitrogens with zero attached hydrogens (tertiary/aromatic N) is 4. The highest BCUT2D eigenvalue weighted by molar-refractivity contribution is 5.81. The van der Waals surface area contributed by atoms with Crippen LogP contribution < -0.4 is 9.68 Å². The highest BCUT2D eigenvalue weighted by Crippen LogP contribution is 2.32. The maximum Gasteiger partial charge on any atom is 0.166 e. The summed E-state index contributed by atoms with van der Waals surface area (Å²) in [5.74, 6) is 1.36. The van der Waals surface area contributed by atoms with Crippen LogP contribution in [0.5, 0.6) is 11.5 Å². The van der Waals surface area contributed by atoms with Gasteiger partial charge in [-0.05, 0) is 51.1 Å². The van der Waals surface area contributed by atoms with E-state index in [1.807, 2.05) is 32.0 Å². The van der Waals surface area contributed by atoms with Crippen LogP contribution in [0.4, 0.5) is 0 Å². The minimum Gasteiger partial charge on any atom is -0.357 e. The van der Waals surface area contributed by atoms with E-state index < -0.39 is 0 Å². The normalized spacial score (nSPS) is 12.0. The van der Waals surface area contributed by atoms with Crippen LogP contribution in [0, 0.1) is 0 Å². The van der Waals surface area contributed by atoms with Crippen molar-refractivity contribution in [2.75, 3.05) is 14.1 Å². The van der Waals surface area contributed by atoms with E-state index in [1.165, 1.54) is 11.1 Å². The third kappa shape index (κ3) is 9.48. The Morgan fingerprint density at radius 2 is 1.24 bits per heavy atom. The van der Waals surface area contributed by atoms with Gasteiger partial charge in [0.1, 0.15) is 0 Å². The van der Waals surface area contributed by atoms with Crippen molar-refractivity contribution >= 4 is 11.9 Å². The largest absolute Gasteiger partial charge is 0.357 e. The van der Waals surface area contributed by atoms with Crippen molar-refractivity contribution in [3.63, 3.8) is 0 Å². The zero-order chi connectivity index (χ0) is 26.5. The first-order chi connectivity index (χ1) is 18.0. The molecule has 0 bridgehead atoms. The molecule has 3 aromatic rings. The predicted octanol–water partition coefficient (Wildman–Crippen LogP) is 6.89. The summed E-state index contributed by atoms with van der Waals surface area (Å²) in [7, 11) is 4.24. The Kier molecular flexibility index (Phi) is 11.3. The molecular formula is C31H40N4O2. The van der Waals surface area contributed by atoms with Crippen molar-refractivity contribution in [3.8, 4) is 11.5 Å². The fourth-order valence-corrected chi connectivity index (χ4v) is 3.92. The maximum absolute atomic E-state index is 5.96. The van der Waals surface area contributed by atoms with Gasteiger partial charge in [-0.2, -0.15) is 0 Å². The van der Waals surface area contributed by atoms with Gasteiger partial charge in [-0.15, -0.1) is 0 Å². The molecule has 0 aromatic heterocycles. The standard InChI is InChI=1S/C31H40N4O2/c1-6-18-32-36-30-20-31(37-33-25(3)7-2)29(24-35(5)22-27-16-12-9-13-17-27)19-28(30)23-34(4)21-26-14-10-8-11-15-26/h8-20H,6-7,21-24H2,1-5H3/b32-18-,33-25-. The summed E-state index contributed by atoms with van der Waals surface area (Å²) < 4.78 is 0. The highest BCUT2D eigenvalue weighted by Gasteiger charge is 2.17. The Bertz CT molecular complexity index is 1150. The van der Waals surface area contributed by atoms with Crippen LogP contribution in [-0.2, 0) is 26.2 Å². The van der Waals surface area contributed by atoms with E-state index in [0.29, 0.717) is 24.6 Å². The van der Waals surface area contributed by atoms with Crippen molar-refractivity contribution < 1.29 is 9.68 Å². The van der Waals surface area contributed by atoms with Crippen LogP contribution in [0.25, 0.3) is 0 Å². The lowest BCUT2D eigenvalue weighted by atomic mass is 10.1. The second kappa shape index (κ2) is 14.9. The average molecular weight is 501 g/mol. The smallest absolute Gasteiger partial charge is 0.166 e. The molecular weight excluding hydrogens is 460 g/mol. The number of hydrogen-bond acceptors (Lipinski definition) is 6. The van der Waals surface area contributed by atoms with Crippen molar-refractivity contribution in [1.29, 1.82) is 0 Å². The van der Waals surface area contributed by atoms with E-state index in [2.05, 4.69) is 95.7 Å². The van der Waals surface area contributed by atoms with Gasteiger partial charge in [0.25, 0.3) is 0 Å². The molecule has 0 spiro atoms. The Morgan fingerprint density at radius 3 is 1.73 bits per heavy atom. The maximum atomic E-state index is 5.96. The molecule has 0 saturated carbocycles. The van der Waals surface area contributed by atoms with Crippen molar-refractivity contribution in [2.45, 2.75) is 59.8 Å². The Morgan fingerprint density at radius 1 is 0.730 bits per heavy atom. The number of hydrogen-bond donors (Lipinski definition) is 0. The van der Waals surface area contributed by atoms with E-state index in [1.54, 1.807) is 6.21 Å². The lowest BCUT2D eigenvalue weighted by Crippen LogP contribution is -2.20. The third-order valence-corrected chi connectivity index (χ3v) is 5.93. The van der Waals surface area contributed by atoms with Gasteiger partial charge in [0.2, 0.25) is 0 Å². The number of benzene rings is 3. The van der Waals surface area contributed by atoms with Crippen LogP contribution >= 0.6 is 0 Å². The van der Waals surface area contributed by atoms with Crippen LogP contribution in [-0.4, -0.2) is 35.8 Å². The van der Waals surface area contributed by atoms with Crippen LogP contribution in [0.3, 0.4) is 0 Å². The van der Waals surface area contributed by atoms with Crippen molar-refractivity contribution in [1.82, 2.24) is 9.80 Å². The molecule has 196 valence electrons. The summed E-state index contributed by atoms with van der Waals surface area (Å²) in [6, 6.07) is 25.1. The number of rotatable bonds is 14. The third-order valence-electron chi connectivity index (χ3n) is 5.93. The molecule has 0 fully saturated rings. The Hall–Kier alpha value is -3.48. The van der Waals surface area contributed by atoms with E-state index in [4.69, 9.17) is 9.68 Å². The molecule has 3 aromatic carbocycles. The topological polar surface area (TPSA) is 49.7 Å². The molecule has 37 heavy (non-hydrogen) atoms. The summed E-state index contributed by atoms with van der Waals surface area (Å²) >= 11 is 0. The summed E-state index contributed by atoms with van der Waals surface area (Å²) in [5, 5.41) is 8.51. The first-order valence-corrected chi connectivity index (χ1v) is 13.0. The quantitative estimate of drug-likeness (QED) is 0.179. The molecule has 0 aliphatic carbocycles. The van der Waals surface area contributed by atoms with E-state index in [-0.39, 0.29) is 0 Å². The Labute approximate surface area is 222 Å². The number of oxime groups is 2. The first kappa shape index (κ1) is 28.1. The second-order valence-electron chi connectivity index (χ2n) is 9.44. The van der Waals surface area contributed by atoms with E-state index in [9.17, 15) is 0 Å². The molecule has 6 nitrogen and oxygen atoms in total. The van der Waals surface area contributed by atoms with Gasteiger partial charge in [-0.1, -0.05) is 84.8 Å². The lowest BCUT2D eigenvalue weighted by Gasteiger charge is -2.22. The highest BCUT2D eigenvalue weighted by atomic mass is 16.6. The molecule has 0 heterocycles. The molecule has 0 aliphatic heterocycles. The van der Waals surface area contributed by atoms with Gasteiger partial charge >= 0.3 is 0 Å². The van der Waals surface area contributed by atoms with Crippen LogP contribution in [0.1, 0.15) is 55.9 Å². The minimum atomic E-state index is 0.679. The molecule has 6 heteroatoms. The minimum absolute atomic E-state index is 0.679. The zero-order valence-electron chi connectivity index (χ0n) is 22.9. The molecule has 0 radical (unpaired) electrons. The summed E-state index contributed by atoms with van der Waals surface area (Å²) in [4.78, 5) is 16.4. The van der Waals surface area contributed by atoms with Gasteiger partial charge in [-0.25, -0.2) is 0 Å². The zero-order valence-corrected chi connectivity index (χ0v) is 22.9. The predicted molar refractivity (Wildman–Crippen MR) is 153 cm³/mol. The summed E-state index contributed by atoms with van der Waals surface area (Å²) in [6.45, 7) is 9.15. The van der Waals surface area contributed by atoms with E-state index in [0.717, 1.165) is 42.8 Å². The molecule has 0 aliphatic rings.